The molecular weight excluding hydrogens is 430 g/mol. The molecule has 0 amide bonds. The van der Waals surface area contributed by atoms with E-state index >= 15 is 0 Å². The predicted octanol–water partition coefficient (Wildman–Crippen LogP) is 2.81. The average Bonchev–Trinajstić information content (AvgIpc) is 2.84. The van der Waals surface area contributed by atoms with E-state index in [2.05, 4.69) is 9.97 Å². The van der Waals surface area contributed by atoms with E-state index in [1.54, 1.807) is 36.5 Å². The minimum absolute atomic E-state index is 0.218. The molecule has 0 aliphatic rings. The van der Waals surface area contributed by atoms with Crippen molar-refractivity contribution in [3.63, 3.8) is 0 Å². The summed E-state index contributed by atoms with van der Waals surface area (Å²) in [5.41, 5.74) is 3.97. The topological polar surface area (TPSA) is 102 Å². The predicted molar refractivity (Wildman–Crippen MR) is 128 cm³/mol. The molecule has 1 aromatic carbocycles. The fourth-order valence-corrected chi connectivity index (χ4v) is 3.75. The van der Waals surface area contributed by atoms with Gasteiger partial charge in [0.05, 0.1) is 5.69 Å². The highest BCUT2D eigenvalue weighted by Gasteiger charge is 2.15. The second-order valence-corrected chi connectivity index (χ2v) is 7.72. The van der Waals surface area contributed by atoms with E-state index in [1.165, 1.54) is 29.4 Å². The molecule has 0 fully saturated rings. The Balaban J connectivity index is 1.60. The maximum atomic E-state index is 13.5. The van der Waals surface area contributed by atoms with E-state index in [9.17, 15) is 15.2 Å². The Morgan fingerprint density at radius 1 is 0.882 bits per heavy atom. The fourth-order valence-electron chi connectivity index (χ4n) is 3.75. The Bertz CT molecular complexity index is 1590. The lowest BCUT2D eigenvalue weighted by molar-refractivity contribution is -0.605. The van der Waals surface area contributed by atoms with Crippen molar-refractivity contribution in [2.75, 3.05) is 0 Å². The molecule has 0 aliphatic carbocycles. The van der Waals surface area contributed by atoms with E-state index < -0.39 is 0 Å². The highest BCUT2D eigenvalue weighted by molar-refractivity contribution is 5.74. The van der Waals surface area contributed by atoms with Crippen LogP contribution in [-0.4, -0.2) is 14.5 Å². The summed E-state index contributed by atoms with van der Waals surface area (Å²) in [7, 11) is 0. The number of pyridine rings is 3. The summed E-state index contributed by atoms with van der Waals surface area (Å²) in [5, 5.41) is 23.2. The number of rotatable bonds is 5. The summed E-state index contributed by atoms with van der Waals surface area (Å²) >= 11 is 0. The van der Waals surface area contributed by atoms with E-state index in [0.717, 1.165) is 15.9 Å². The first-order valence-electron chi connectivity index (χ1n) is 10.6. The summed E-state index contributed by atoms with van der Waals surface area (Å²) in [6.07, 6.45) is 11.3. The molecule has 8 heteroatoms. The molecular formula is C26H19N5O3. The van der Waals surface area contributed by atoms with Crippen LogP contribution < -0.4 is 15.0 Å². The Morgan fingerprint density at radius 2 is 1.65 bits per heavy atom. The van der Waals surface area contributed by atoms with Crippen LogP contribution in [-0.2, 0) is 6.42 Å². The summed E-state index contributed by atoms with van der Waals surface area (Å²) in [6, 6.07) is 18.0. The van der Waals surface area contributed by atoms with Crippen molar-refractivity contribution in [1.29, 1.82) is 0 Å². The Morgan fingerprint density at radius 3 is 2.47 bits per heavy atom. The molecule has 0 bridgehead atoms. The molecule has 166 valence electrons. The summed E-state index contributed by atoms with van der Waals surface area (Å²) in [5.74, 6) is 0. The van der Waals surface area contributed by atoms with Crippen molar-refractivity contribution in [1.82, 2.24) is 14.5 Å². The molecule has 34 heavy (non-hydrogen) atoms. The second-order valence-electron chi connectivity index (χ2n) is 7.72. The second kappa shape index (κ2) is 8.95. The van der Waals surface area contributed by atoms with Crippen LogP contribution in [0.5, 0.6) is 0 Å². The monoisotopic (exact) mass is 449 g/mol. The normalized spacial score (nSPS) is 11.3. The quantitative estimate of drug-likeness (QED) is 0.303. The first-order valence-corrected chi connectivity index (χ1v) is 10.6. The lowest BCUT2D eigenvalue weighted by Gasteiger charge is -2.12. The third-order valence-corrected chi connectivity index (χ3v) is 5.29. The van der Waals surface area contributed by atoms with Gasteiger partial charge in [-0.3, -0.25) is 9.36 Å². The Hall–Kier alpha value is -4.85. The van der Waals surface area contributed by atoms with E-state index in [0.29, 0.717) is 32.8 Å². The lowest BCUT2D eigenvalue weighted by atomic mass is 10.1. The highest BCUT2D eigenvalue weighted by atomic mass is 16.5. The molecule has 0 N–H and O–H groups in total. The van der Waals surface area contributed by atoms with Crippen molar-refractivity contribution in [3.05, 3.63) is 135 Å². The average molecular weight is 449 g/mol. The van der Waals surface area contributed by atoms with Gasteiger partial charge in [-0.05, 0) is 48.0 Å². The maximum absolute atomic E-state index is 13.5. The number of aromatic nitrogens is 5. The zero-order chi connectivity index (χ0) is 23.5. The molecule has 0 saturated heterocycles. The van der Waals surface area contributed by atoms with Gasteiger partial charge in [0.25, 0.3) is 5.56 Å². The maximum Gasteiger partial charge on any atom is 0.278 e. The van der Waals surface area contributed by atoms with Crippen LogP contribution in [0.1, 0.15) is 22.4 Å². The van der Waals surface area contributed by atoms with Crippen LogP contribution in [0.2, 0.25) is 0 Å². The molecule has 5 aromatic rings. The molecule has 0 spiro atoms. The zero-order valence-electron chi connectivity index (χ0n) is 18.0. The zero-order valence-corrected chi connectivity index (χ0v) is 18.0. The number of hydrogen-bond acceptors (Lipinski definition) is 5. The third-order valence-electron chi connectivity index (χ3n) is 5.29. The van der Waals surface area contributed by atoms with Crippen molar-refractivity contribution in [3.8, 4) is 5.69 Å². The number of nitrogens with zero attached hydrogens (tertiary/aromatic N) is 5. The van der Waals surface area contributed by atoms with Gasteiger partial charge in [-0.1, -0.05) is 18.2 Å². The molecule has 0 atom stereocenters. The van der Waals surface area contributed by atoms with Crippen LogP contribution in [0.4, 0.5) is 0 Å². The van der Waals surface area contributed by atoms with Gasteiger partial charge in [-0.25, -0.2) is 9.97 Å². The largest absolute Gasteiger partial charge is 0.619 e. The standard InChI is InChI=1S/C26H19N5O3/c32-26-24(16-21-7-4-14-30(34)18-21)28-23-9-2-12-27-25(23)31(26)22-8-1-5-19(15-22)10-11-20-6-3-13-29(33)17-20/h1-15,17-18H,16H2/b11-10+. The van der Waals surface area contributed by atoms with Crippen molar-refractivity contribution < 1.29 is 9.46 Å². The van der Waals surface area contributed by atoms with Crippen LogP contribution in [0, 0.1) is 10.4 Å². The molecule has 0 aliphatic heterocycles. The molecule has 4 heterocycles. The molecule has 0 saturated carbocycles. The molecule has 0 radical (unpaired) electrons. The van der Waals surface area contributed by atoms with Crippen LogP contribution in [0.15, 0.2) is 96.4 Å². The van der Waals surface area contributed by atoms with Crippen LogP contribution in [0.3, 0.4) is 0 Å². The molecule has 0 unspecified atom stereocenters. The van der Waals surface area contributed by atoms with Gasteiger partial charge in [0.1, 0.15) is 11.2 Å². The van der Waals surface area contributed by atoms with Crippen molar-refractivity contribution >= 4 is 23.3 Å². The highest BCUT2D eigenvalue weighted by Crippen LogP contribution is 2.17. The van der Waals surface area contributed by atoms with E-state index in [4.69, 9.17) is 0 Å². The van der Waals surface area contributed by atoms with Gasteiger partial charge in [-0.15, -0.1) is 0 Å². The van der Waals surface area contributed by atoms with Crippen molar-refractivity contribution in [2.24, 2.45) is 0 Å². The van der Waals surface area contributed by atoms with Gasteiger partial charge in [0.2, 0.25) is 0 Å². The van der Waals surface area contributed by atoms with Crippen LogP contribution in [0.25, 0.3) is 29.0 Å². The number of hydrogen-bond donors (Lipinski definition) is 0. The van der Waals surface area contributed by atoms with Gasteiger partial charge >= 0.3 is 0 Å². The lowest BCUT2D eigenvalue weighted by Crippen LogP contribution is -2.27. The Labute approximate surface area is 194 Å². The smallest absolute Gasteiger partial charge is 0.278 e. The molecule has 8 nitrogen and oxygen atoms in total. The van der Waals surface area contributed by atoms with E-state index in [1.807, 2.05) is 42.5 Å². The van der Waals surface area contributed by atoms with Gasteiger partial charge < -0.3 is 10.4 Å². The Kier molecular flexibility index (Phi) is 5.53. The molecule has 5 rings (SSSR count). The number of fused-ring (bicyclic) bond motifs is 1. The first kappa shape index (κ1) is 21.0. The van der Waals surface area contributed by atoms with Gasteiger partial charge in [0.15, 0.2) is 30.4 Å². The van der Waals surface area contributed by atoms with Crippen LogP contribution >= 0.6 is 0 Å². The minimum atomic E-state index is -0.302. The minimum Gasteiger partial charge on any atom is -0.619 e. The summed E-state index contributed by atoms with van der Waals surface area (Å²) in [4.78, 5) is 22.5. The summed E-state index contributed by atoms with van der Waals surface area (Å²) in [6.45, 7) is 0. The fraction of sp³-hybridized carbons (Fsp3) is 0.0385. The molecule has 4 aromatic heterocycles. The first-order chi connectivity index (χ1) is 16.6. The van der Waals surface area contributed by atoms with Gasteiger partial charge in [0, 0.05) is 35.9 Å². The summed E-state index contributed by atoms with van der Waals surface area (Å²) < 4.78 is 2.98. The van der Waals surface area contributed by atoms with E-state index in [-0.39, 0.29) is 12.0 Å². The SMILES string of the molecule is O=c1c(Cc2ccc[n+]([O-])c2)nc2cccnc2n1-c1cccc(/C=C/c2ccc[n+]([O-])c2)c1. The third kappa shape index (κ3) is 4.37. The van der Waals surface area contributed by atoms with Gasteiger partial charge in [-0.2, -0.15) is 9.46 Å². The van der Waals surface area contributed by atoms with Crippen molar-refractivity contribution in [2.45, 2.75) is 6.42 Å². The number of benzene rings is 1.